The van der Waals surface area contributed by atoms with Crippen molar-refractivity contribution < 1.29 is 4.74 Å². The van der Waals surface area contributed by atoms with Gasteiger partial charge in [-0.1, -0.05) is 27.5 Å². The molecule has 2 nitrogen and oxygen atoms in total. The Hall–Kier alpha value is -0.550. The van der Waals surface area contributed by atoms with Gasteiger partial charge in [-0.25, -0.2) is 0 Å². The van der Waals surface area contributed by atoms with Gasteiger partial charge in [0.25, 0.3) is 0 Å². The maximum absolute atomic E-state index is 5.95. The molecule has 1 aromatic carbocycles. The van der Waals surface area contributed by atoms with E-state index in [1.165, 1.54) is 0 Å². The Bertz CT molecular complexity index is 607. The number of thiophene rings is 1. The fourth-order valence-electron chi connectivity index (χ4n) is 1.77. The molecule has 114 valence electrons. The topological polar surface area (TPSA) is 21.3 Å². The lowest BCUT2D eigenvalue weighted by Crippen LogP contribution is -2.35. The van der Waals surface area contributed by atoms with Gasteiger partial charge in [0.1, 0.15) is 12.4 Å². The lowest BCUT2D eigenvalue weighted by Gasteiger charge is -2.21. The number of ether oxygens (including phenoxy) is 1. The second-order valence-corrected chi connectivity index (χ2v) is 8.57. The largest absolute Gasteiger partial charge is 0.488 e. The molecule has 0 radical (unpaired) electrons. The molecule has 0 fully saturated rings. The van der Waals surface area contributed by atoms with E-state index in [4.69, 9.17) is 16.3 Å². The van der Waals surface area contributed by atoms with Crippen LogP contribution in [0.3, 0.4) is 0 Å². The maximum Gasteiger partial charge on any atom is 0.124 e. The van der Waals surface area contributed by atoms with Crippen molar-refractivity contribution in [1.82, 2.24) is 5.32 Å². The Morgan fingerprint density at radius 3 is 2.62 bits per heavy atom. The van der Waals surface area contributed by atoms with Crippen molar-refractivity contribution in [2.45, 2.75) is 39.5 Å². The van der Waals surface area contributed by atoms with E-state index in [2.05, 4.69) is 48.1 Å². The monoisotopic (exact) mass is 387 g/mol. The standard InChI is InChI=1S/C16H19BrClNOS/c1-16(2,3)19-9-11-8-12(17)4-6-14(11)20-10-13-5-7-15(18)21-13/h4-8,19H,9-10H2,1-3H3. The minimum absolute atomic E-state index is 0.0703. The quantitative estimate of drug-likeness (QED) is 0.716. The molecule has 0 aliphatic heterocycles. The lowest BCUT2D eigenvalue weighted by molar-refractivity contribution is 0.303. The molecule has 1 N–H and O–H groups in total. The molecule has 0 aliphatic carbocycles. The first kappa shape index (κ1) is 16.8. The summed E-state index contributed by atoms with van der Waals surface area (Å²) in [5, 5.41) is 3.49. The average molecular weight is 389 g/mol. The summed E-state index contributed by atoms with van der Waals surface area (Å²) in [6.45, 7) is 7.77. The Morgan fingerprint density at radius 2 is 2.00 bits per heavy atom. The minimum atomic E-state index is 0.0703. The molecule has 0 saturated heterocycles. The third-order valence-electron chi connectivity index (χ3n) is 2.83. The molecule has 21 heavy (non-hydrogen) atoms. The summed E-state index contributed by atoms with van der Waals surface area (Å²) in [7, 11) is 0. The van der Waals surface area contributed by atoms with Crippen LogP contribution < -0.4 is 10.1 Å². The fourth-order valence-corrected chi connectivity index (χ4v) is 3.17. The van der Waals surface area contributed by atoms with Crippen LogP contribution in [0, 0.1) is 0 Å². The average Bonchev–Trinajstić information content (AvgIpc) is 2.80. The predicted octanol–water partition coefficient (Wildman–Crippen LogP) is 5.63. The van der Waals surface area contributed by atoms with Gasteiger partial charge in [-0.3, -0.25) is 0 Å². The van der Waals surface area contributed by atoms with Crippen LogP contribution in [0.15, 0.2) is 34.8 Å². The van der Waals surface area contributed by atoms with Gasteiger partial charge in [0.15, 0.2) is 0 Å². The first-order chi connectivity index (χ1) is 9.83. The smallest absolute Gasteiger partial charge is 0.124 e. The zero-order chi connectivity index (χ0) is 15.5. The zero-order valence-electron chi connectivity index (χ0n) is 12.4. The van der Waals surface area contributed by atoms with Crippen LogP contribution in [0.2, 0.25) is 4.34 Å². The van der Waals surface area contributed by atoms with Crippen LogP contribution in [0.1, 0.15) is 31.2 Å². The summed E-state index contributed by atoms with van der Waals surface area (Å²) in [6, 6.07) is 9.99. The highest BCUT2D eigenvalue weighted by Crippen LogP contribution is 2.27. The predicted molar refractivity (Wildman–Crippen MR) is 94.4 cm³/mol. The molecule has 2 rings (SSSR count). The summed E-state index contributed by atoms with van der Waals surface area (Å²) in [4.78, 5) is 1.12. The van der Waals surface area contributed by atoms with Crippen molar-refractivity contribution in [3.05, 3.63) is 49.6 Å². The van der Waals surface area contributed by atoms with Crippen LogP contribution in [0.25, 0.3) is 0 Å². The van der Waals surface area contributed by atoms with Gasteiger partial charge in [-0.05, 0) is 51.1 Å². The van der Waals surface area contributed by atoms with Crippen LogP contribution in [0.4, 0.5) is 0 Å². The SMILES string of the molecule is CC(C)(C)NCc1cc(Br)ccc1OCc1ccc(Cl)s1. The van der Waals surface area contributed by atoms with Gasteiger partial charge in [-0.2, -0.15) is 0 Å². The molecule has 0 unspecified atom stereocenters. The molecule has 0 spiro atoms. The number of hydrogen-bond acceptors (Lipinski definition) is 3. The summed E-state index contributed by atoms with van der Waals surface area (Å²) >= 11 is 11.0. The first-order valence-electron chi connectivity index (χ1n) is 6.74. The number of rotatable bonds is 5. The summed E-state index contributed by atoms with van der Waals surface area (Å²) in [5.74, 6) is 0.902. The molecule has 1 heterocycles. The zero-order valence-corrected chi connectivity index (χ0v) is 15.5. The van der Waals surface area contributed by atoms with Crippen molar-refractivity contribution in [2.24, 2.45) is 0 Å². The first-order valence-corrected chi connectivity index (χ1v) is 8.73. The van der Waals surface area contributed by atoms with Gasteiger partial charge in [0, 0.05) is 27.0 Å². The van der Waals surface area contributed by atoms with Crippen molar-refractivity contribution in [3.8, 4) is 5.75 Å². The van der Waals surface area contributed by atoms with Crippen LogP contribution >= 0.6 is 38.9 Å². The van der Waals surface area contributed by atoms with Crippen molar-refractivity contribution in [3.63, 3.8) is 0 Å². The summed E-state index contributed by atoms with van der Waals surface area (Å²) < 4.78 is 7.79. The minimum Gasteiger partial charge on any atom is -0.488 e. The molecular formula is C16H19BrClNOS. The van der Waals surface area contributed by atoms with E-state index in [1.54, 1.807) is 11.3 Å². The Labute approximate surface area is 143 Å². The Kier molecular flexibility index (Phi) is 5.72. The maximum atomic E-state index is 5.95. The normalized spacial score (nSPS) is 11.7. The van der Waals surface area contributed by atoms with Gasteiger partial charge in [-0.15, -0.1) is 11.3 Å². The van der Waals surface area contributed by atoms with E-state index in [9.17, 15) is 0 Å². The molecule has 0 atom stereocenters. The lowest BCUT2D eigenvalue weighted by atomic mass is 10.1. The molecule has 1 aromatic heterocycles. The van der Waals surface area contributed by atoms with Gasteiger partial charge in [0.05, 0.1) is 4.34 Å². The van der Waals surface area contributed by atoms with E-state index in [0.29, 0.717) is 6.61 Å². The fraction of sp³-hybridized carbons (Fsp3) is 0.375. The molecule has 0 aliphatic rings. The van der Waals surface area contributed by atoms with Gasteiger partial charge < -0.3 is 10.1 Å². The van der Waals surface area contributed by atoms with Crippen LogP contribution in [0.5, 0.6) is 5.75 Å². The van der Waals surface area contributed by atoms with E-state index >= 15 is 0 Å². The Morgan fingerprint density at radius 1 is 1.24 bits per heavy atom. The van der Waals surface area contributed by atoms with E-state index in [1.807, 2.05) is 24.3 Å². The second kappa shape index (κ2) is 7.14. The van der Waals surface area contributed by atoms with E-state index in [0.717, 1.165) is 31.5 Å². The summed E-state index contributed by atoms with van der Waals surface area (Å²) in [6.07, 6.45) is 0. The molecular weight excluding hydrogens is 370 g/mol. The number of nitrogens with one attached hydrogen (secondary N) is 1. The number of hydrogen-bond donors (Lipinski definition) is 1. The van der Waals surface area contributed by atoms with Gasteiger partial charge >= 0.3 is 0 Å². The highest BCUT2D eigenvalue weighted by molar-refractivity contribution is 9.10. The van der Waals surface area contributed by atoms with Crippen molar-refractivity contribution >= 4 is 38.9 Å². The number of benzene rings is 1. The molecule has 5 heteroatoms. The highest BCUT2D eigenvalue weighted by atomic mass is 79.9. The Balaban J connectivity index is 2.07. The third-order valence-corrected chi connectivity index (χ3v) is 4.53. The number of halogens is 2. The van der Waals surface area contributed by atoms with Crippen LogP contribution in [-0.2, 0) is 13.2 Å². The third kappa shape index (κ3) is 5.62. The van der Waals surface area contributed by atoms with E-state index < -0.39 is 0 Å². The van der Waals surface area contributed by atoms with Gasteiger partial charge in [0.2, 0.25) is 0 Å². The van der Waals surface area contributed by atoms with Crippen molar-refractivity contribution in [2.75, 3.05) is 0 Å². The molecule has 0 saturated carbocycles. The van der Waals surface area contributed by atoms with Crippen LogP contribution in [-0.4, -0.2) is 5.54 Å². The second-order valence-electron chi connectivity index (χ2n) is 5.85. The van der Waals surface area contributed by atoms with Crippen molar-refractivity contribution in [1.29, 1.82) is 0 Å². The highest BCUT2D eigenvalue weighted by Gasteiger charge is 2.12. The molecule has 0 amide bonds. The molecule has 2 aromatic rings. The van der Waals surface area contributed by atoms with E-state index in [-0.39, 0.29) is 5.54 Å². The summed E-state index contributed by atoms with van der Waals surface area (Å²) in [5.41, 5.74) is 1.21. The molecule has 0 bridgehead atoms.